The first-order valence-corrected chi connectivity index (χ1v) is 10.1. The van der Waals surface area contributed by atoms with Gasteiger partial charge in [-0.1, -0.05) is 30.3 Å². The van der Waals surface area contributed by atoms with Crippen LogP contribution in [-0.4, -0.2) is 35.1 Å². The number of nitrogens with zero attached hydrogens (tertiary/aromatic N) is 3. The molecule has 5 aromatic rings. The van der Waals surface area contributed by atoms with Gasteiger partial charge in [0.15, 0.2) is 11.5 Å². The predicted octanol–water partition coefficient (Wildman–Crippen LogP) is 5.02. The lowest BCUT2D eigenvalue weighted by molar-refractivity contribution is 0.172. The van der Waals surface area contributed by atoms with Crippen molar-refractivity contribution in [2.24, 2.45) is 0 Å². The third-order valence-corrected chi connectivity index (χ3v) is 5.53. The van der Waals surface area contributed by atoms with Crippen LogP contribution < -0.4 is 14.2 Å². The zero-order valence-electron chi connectivity index (χ0n) is 16.9. The second-order valence-electron chi connectivity index (χ2n) is 7.36. The van der Waals surface area contributed by atoms with Crippen LogP contribution in [0.4, 0.5) is 0 Å². The second-order valence-corrected chi connectivity index (χ2v) is 7.36. The summed E-state index contributed by atoms with van der Waals surface area (Å²) >= 11 is 0. The largest absolute Gasteiger partial charge is 0.497 e. The molecular weight excluding hydrogens is 390 g/mol. The van der Waals surface area contributed by atoms with Gasteiger partial charge in [-0.3, -0.25) is 4.98 Å². The van der Waals surface area contributed by atoms with Crippen molar-refractivity contribution in [1.82, 2.24) is 14.8 Å². The predicted molar refractivity (Wildman–Crippen MR) is 119 cm³/mol. The molecule has 6 rings (SSSR count). The zero-order valence-corrected chi connectivity index (χ0v) is 16.9. The molecule has 2 aromatic heterocycles. The van der Waals surface area contributed by atoms with Gasteiger partial charge in [-0.05, 0) is 30.3 Å². The SMILES string of the molecule is COc1ccc(-n2nc(-c3ccccc3)c3cnc4cc5c(cc4c32)OCCO5)cc1. The number of benzene rings is 3. The van der Waals surface area contributed by atoms with Crippen LogP contribution in [0.2, 0.25) is 0 Å². The molecule has 0 saturated heterocycles. The number of ether oxygens (including phenoxy) is 3. The van der Waals surface area contributed by atoms with Crippen LogP contribution in [0.1, 0.15) is 0 Å². The number of rotatable bonds is 3. The van der Waals surface area contributed by atoms with E-state index >= 15 is 0 Å². The Morgan fingerprint density at radius 2 is 1.61 bits per heavy atom. The standard InChI is InChI=1S/C25H19N3O3/c1-29-18-9-7-17(8-10-18)28-25-19-13-22-23(31-12-11-30-22)14-21(19)26-15-20(25)24(27-28)16-5-3-2-4-6-16/h2-10,13-15H,11-12H2,1H3. The average molecular weight is 409 g/mol. The summed E-state index contributed by atoms with van der Waals surface area (Å²) in [7, 11) is 1.66. The molecule has 6 nitrogen and oxygen atoms in total. The quantitative estimate of drug-likeness (QED) is 0.419. The molecule has 0 atom stereocenters. The molecule has 0 fully saturated rings. The molecular formula is C25H19N3O3. The van der Waals surface area contributed by atoms with E-state index in [1.165, 1.54) is 0 Å². The minimum atomic E-state index is 0.537. The maximum absolute atomic E-state index is 5.85. The van der Waals surface area contributed by atoms with Crippen molar-refractivity contribution in [3.8, 4) is 34.2 Å². The molecule has 1 aliphatic heterocycles. The lowest BCUT2D eigenvalue weighted by Crippen LogP contribution is -2.15. The summed E-state index contributed by atoms with van der Waals surface area (Å²) in [4.78, 5) is 4.73. The van der Waals surface area contributed by atoms with Gasteiger partial charge in [0, 0.05) is 28.6 Å². The van der Waals surface area contributed by atoms with E-state index in [1.54, 1.807) is 7.11 Å². The Bertz CT molecular complexity index is 1410. The van der Waals surface area contributed by atoms with Crippen LogP contribution in [0.5, 0.6) is 17.2 Å². The Kier molecular flexibility index (Phi) is 4.02. The normalized spacial score (nSPS) is 12.9. The van der Waals surface area contributed by atoms with Gasteiger partial charge in [0.2, 0.25) is 0 Å². The summed E-state index contributed by atoms with van der Waals surface area (Å²) in [5, 5.41) is 6.95. The van der Waals surface area contributed by atoms with Crippen LogP contribution in [0.3, 0.4) is 0 Å². The van der Waals surface area contributed by atoms with Crippen molar-refractivity contribution < 1.29 is 14.2 Å². The molecule has 0 unspecified atom stereocenters. The first-order valence-electron chi connectivity index (χ1n) is 10.1. The summed E-state index contributed by atoms with van der Waals surface area (Å²) in [5.41, 5.74) is 4.68. The molecule has 0 amide bonds. The van der Waals surface area contributed by atoms with E-state index < -0.39 is 0 Å². The summed E-state index contributed by atoms with van der Waals surface area (Å²) < 4.78 is 18.9. The van der Waals surface area contributed by atoms with Gasteiger partial charge in [-0.2, -0.15) is 5.10 Å². The average Bonchev–Trinajstić information content (AvgIpc) is 3.23. The summed E-state index contributed by atoms with van der Waals surface area (Å²) in [5.74, 6) is 2.26. The van der Waals surface area contributed by atoms with E-state index in [0.717, 1.165) is 56.0 Å². The number of aromatic nitrogens is 3. The molecule has 31 heavy (non-hydrogen) atoms. The number of methoxy groups -OCH3 is 1. The summed E-state index contributed by atoms with van der Waals surface area (Å²) in [6, 6.07) is 22.0. The molecule has 0 bridgehead atoms. The first-order chi connectivity index (χ1) is 15.3. The molecule has 152 valence electrons. The Hall–Kier alpha value is -4.06. The van der Waals surface area contributed by atoms with Crippen LogP contribution >= 0.6 is 0 Å². The number of pyridine rings is 1. The molecule has 0 spiro atoms. The van der Waals surface area contributed by atoms with Crippen molar-refractivity contribution in [2.75, 3.05) is 20.3 Å². The molecule has 0 saturated carbocycles. The van der Waals surface area contributed by atoms with Crippen LogP contribution in [-0.2, 0) is 0 Å². The van der Waals surface area contributed by atoms with Gasteiger partial charge in [0.1, 0.15) is 24.7 Å². The van der Waals surface area contributed by atoms with Crippen molar-refractivity contribution in [1.29, 1.82) is 0 Å². The number of hydrogen-bond donors (Lipinski definition) is 0. The van der Waals surface area contributed by atoms with Gasteiger partial charge >= 0.3 is 0 Å². The highest BCUT2D eigenvalue weighted by Crippen LogP contribution is 2.39. The Morgan fingerprint density at radius 3 is 2.35 bits per heavy atom. The van der Waals surface area contributed by atoms with Crippen molar-refractivity contribution in [3.63, 3.8) is 0 Å². The molecule has 0 radical (unpaired) electrons. The fourth-order valence-electron chi connectivity index (χ4n) is 4.04. The first kappa shape index (κ1) is 17.8. The third-order valence-electron chi connectivity index (χ3n) is 5.53. The van der Waals surface area contributed by atoms with Gasteiger partial charge in [0.05, 0.1) is 23.8 Å². The van der Waals surface area contributed by atoms with E-state index in [4.69, 9.17) is 24.3 Å². The fraction of sp³-hybridized carbons (Fsp3) is 0.120. The highest BCUT2D eigenvalue weighted by molar-refractivity contribution is 6.09. The van der Waals surface area contributed by atoms with Gasteiger partial charge < -0.3 is 14.2 Å². The van der Waals surface area contributed by atoms with E-state index in [9.17, 15) is 0 Å². The molecule has 6 heteroatoms. The van der Waals surface area contributed by atoms with Gasteiger partial charge in [-0.25, -0.2) is 4.68 Å². The fourth-order valence-corrected chi connectivity index (χ4v) is 4.04. The van der Waals surface area contributed by atoms with Crippen molar-refractivity contribution in [2.45, 2.75) is 0 Å². The third kappa shape index (κ3) is 2.87. The Labute approximate surface area is 178 Å². The van der Waals surface area contributed by atoms with E-state index in [0.29, 0.717) is 13.2 Å². The number of hydrogen-bond acceptors (Lipinski definition) is 5. The van der Waals surface area contributed by atoms with E-state index in [1.807, 2.05) is 65.5 Å². The smallest absolute Gasteiger partial charge is 0.163 e. The van der Waals surface area contributed by atoms with E-state index in [-0.39, 0.29) is 0 Å². The lowest BCUT2D eigenvalue weighted by atomic mass is 10.1. The highest BCUT2D eigenvalue weighted by Gasteiger charge is 2.20. The van der Waals surface area contributed by atoms with Crippen LogP contribution in [0.15, 0.2) is 72.9 Å². The van der Waals surface area contributed by atoms with Crippen LogP contribution in [0.25, 0.3) is 38.8 Å². The maximum Gasteiger partial charge on any atom is 0.163 e. The zero-order chi connectivity index (χ0) is 20.8. The molecule has 0 N–H and O–H groups in total. The Morgan fingerprint density at radius 1 is 0.871 bits per heavy atom. The number of fused-ring (bicyclic) bond motifs is 4. The topological polar surface area (TPSA) is 58.4 Å². The maximum atomic E-state index is 5.85. The molecule has 3 heterocycles. The molecule has 1 aliphatic rings. The van der Waals surface area contributed by atoms with Crippen molar-refractivity contribution >= 4 is 21.8 Å². The monoisotopic (exact) mass is 409 g/mol. The van der Waals surface area contributed by atoms with Crippen LogP contribution in [0, 0.1) is 0 Å². The van der Waals surface area contributed by atoms with Gasteiger partial charge in [-0.15, -0.1) is 0 Å². The summed E-state index contributed by atoms with van der Waals surface area (Å²) in [6.45, 7) is 1.08. The molecule has 0 aliphatic carbocycles. The lowest BCUT2D eigenvalue weighted by Gasteiger charge is -2.19. The minimum absolute atomic E-state index is 0.537. The second kappa shape index (κ2) is 7.02. The van der Waals surface area contributed by atoms with Gasteiger partial charge in [0.25, 0.3) is 0 Å². The molecule has 3 aromatic carbocycles. The van der Waals surface area contributed by atoms with Crippen molar-refractivity contribution in [3.05, 3.63) is 72.9 Å². The summed E-state index contributed by atoms with van der Waals surface area (Å²) in [6.07, 6.45) is 1.89. The highest BCUT2D eigenvalue weighted by atomic mass is 16.6. The van der Waals surface area contributed by atoms with E-state index in [2.05, 4.69) is 12.1 Å². The minimum Gasteiger partial charge on any atom is -0.497 e. The Balaban J connectivity index is 1.68.